The van der Waals surface area contributed by atoms with E-state index in [1.807, 2.05) is 6.07 Å². The monoisotopic (exact) mass is 184 g/mol. The summed E-state index contributed by atoms with van der Waals surface area (Å²) in [5.41, 5.74) is 0.604. The van der Waals surface area contributed by atoms with Crippen molar-refractivity contribution < 1.29 is 13.3 Å². The minimum atomic E-state index is -1.45. The summed E-state index contributed by atoms with van der Waals surface area (Å²) in [7, 11) is -1.10. The molecule has 0 saturated heterocycles. The SMILES string of the molecule is CS(=O)OB(O)c1ccccc1. The Morgan fingerprint density at radius 2 is 2.00 bits per heavy atom. The van der Waals surface area contributed by atoms with Crippen LogP contribution in [0, 0.1) is 0 Å². The lowest BCUT2D eigenvalue weighted by Crippen LogP contribution is -2.33. The van der Waals surface area contributed by atoms with Crippen LogP contribution in [0.1, 0.15) is 0 Å². The predicted molar refractivity (Wildman–Crippen MR) is 49.2 cm³/mol. The number of hydrogen-bond acceptors (Lipinski definition) is 3. The van der Waals surface area contributed by atoms with Crippen molar-refractivity contribution in [2.75, 3.05) is 6.26 Å². The molecule has 1 rings (SSSR count). The van der Waals surface area contributed by atoms with Crippen LogP contribution in [0.2, 0.25) is 0 Å². The van der Waals surface area contributed by atoms with Crippen LogP contribution in [0.3, 0.4) is 0 Å². The Kier molecular flexibility index (Phi) is 3.46. The van der Waals surface area contributed by atoms with Crippen LogP contribution in [-0.4, -0.2) is 22.6 Å². The van der Waals surface area contributed by atoms with E-state index in [1.54, 1.807) is 24.3 Å². The van der Waals surface area contributed by atoms with E-state index in [-0.39, 0.29) is 0 Å². The molecule has 0 saturated carbocycles. The van der Waals surface area contributed by atoms with Crippen molar-refractivity contribution in [1.82, 2.24) is 0 Å². The first-order valence-electron chi connectivity index (χ1n) is 3.43. The highest BCUT2D eigenvalue weighted by molar-refractivity contribution is 7.80. The summed E-state index contributed by atoms with van der Waals surface area (Å²) in [6.07, 6.45) is 1.37. The molecule has 64 valence electrons. The molecule has 0 aliphatic rings. The van der Waals surface area contributed by atoms with Crippen LogP contribution < -0.4 is 5.46 Å². The molecule has 0 aliphatic carbocycles. The van der Waals surface area contributed by atoms with E-state index in [2.05, 4.69) is 4.10 Å². The molecule has 0 bridgehead atoms. The quantitative estimate of drug-likeness (QED) is 0.655. The maximum atomic E-state index is 10.6. The molecule has 0 fully saturated rings. The van der Waals surface area contributed by atoms with Gasteiger partial charge in [0.1, 0.15) is 11.1 Å². The van der Waals surface area contributed by atoms with Crippen LogP contribution in [0.4, 0.5) is 0 Å². The van der Waals surface area contributed by atoms with Gasteiger partial charge >= 0.3 is 7.12 Å². The molecule has 3 nitrogen and oxygen atoms in total. The first-order valence-corrected chi connectivity index (χ1v) is 4.92. The van der Waals surface area contributed by atoms with Gasteiger partial charge in [-0.2, -0.15) is 0 Å². The van der Waals surface area contributed by atoms with Crippen molar-refractivity contribution in [3.8, 4) is 0 Å². The molecule has 0 amide bonds. The first kappa shape index (κ1) is 9.44. The van der Waals surface area contributed by atoms with E-state index in [0.717, 1.165) is 0 Å². The molecule has 0 aliphatic heterocycles. The highest BCUT2D eigenvalue weighted by atomic mass is 32.2. The summed E-state index contributed by atoms with van der Waals surface area (Å²) < 4.78 is 15.2. The average molecular weight is 184 g/mol. The molecule has 0 spiro atoms. The fraction of sp³-hybridized carbons (Fsp3) is 0.143. The Labute approximate surface area is 74.2 Å². The minimum Gasteiger partial charge on any atom is -0.422 e. The molecule has 1 unspecified atom stereocenters. The largest absolute Gasteiger partial charge is 0.504 e. The van der Waals surface area contributed by atoms with E-state index in [9.17, 15) is 9.23 Å². The fourth-order valence-corrected chi connectivity index (χ4v) is 1.17. The number of benzene rings is 1. The third-order valence-corrected chi connectivity index (χ3v) is 1.76. The van der Waals surface area contributed by atoms with Crippen LogP contribution in [0.15, 0.2) is 30.3 Å². The van der Waals surface area contributed by atoms with E-state index < -0.39 is 18.2 Å². The molecular weight excluding hydrogens is 175 g/mol. The smallest absolute Gasteiger partial charge is 0.422 e. The Morgan fingerprint density at radius 1 is 1.42 bits per heavy atom. The van der Waals surface area contributed by atoms with Crippen molar-refractivity contribution in [3.63, 3.8) is 0 Å². The van der Waals surface area contributed by atoms with E-state index in [4.69, 9.17) is 0 Å². The third kappa shape index (κ3) is 2.77. The van der Waals surface area contributed by atoms with Crippen LogP contribution in [-0.2, 0) is 15.2 Å². The second kappa shape index (κ2) is 4.40. The second-order valence-electron chi connectivity index (χ2n) is 2.26. The van der Waals surface area contributed by atoms with Gasteiger partial charge < -0.3 is 9.12 Å². The van der Waals surface area contributed by atoms with Gasteiger partial charge in [-0.25, -0.2) is 4.21 Å². The van der Waals surface area contributed by atoms with E-state index in [0.29, 0.717) is 5.46 Å². The summed E-state index contributed by atoms with van der Waals surface area (Å²) in [6.45, 7) is 0. The Hall–Kier alpha value is -0.645. The topological polar surface area (TPSA) is 46.5 Å². The first-order chi connectivity index (χ1) is 5.70. The lowest BCUT2D eigenvalue weighted by Gasteiger charge is -2.03. The van der Waals surface area contributed by atoms with Crippen molar-refractivity contribution >= 4 is 23.7 Å². The second-order valence-corrected chi connectivity index (χ2v) is 3.26. The van der Waals surface area contributed by atoms with Gasteiger partial charge in [-0.15, -0.1) is 0 Å². The molecule has 0 radical (unpaired) electrons. The molecule has 0 heterocycles. The third-order valence-electron chi connectivity index (χ3n) is 1.31. The predicted octanol–water partition coefficient (Wildman–Crippen LogP) is -0.316. The van der Waals surface area contributed by atoms with Gasteiger partial charge in [0.2, 0.25) is 0 Å². The summed E-state index contributed by atoms with van der Waals surface area (Å²) in [5.74, 6) is 0. The van der Waals surface area contributed by atoms with Gasteiger partial charge in [-0.3, -0.25) is 0 Å². The van der Waals surface area contributed by atoms with Gasteiger partial charge in [-0.05, 0) is 5.46 Å². The van der Waals surface area contributed by atoms with Gasteiger partial charge in [-0.1, -0.05) is 30.3 Å². The molecule has 0 aromatic heterocycles. The molecule has 1 atom stereocenters. The lowest BCUT2D eigenvalue weighted by atomic mass is 9.80. The Bertz CT molecular complexity index is 265. The van der Waals surface area contributed by atoms with Crippen LogP contribution >= 0.6 is 0 Å². The van der Waals surface area contributed by atoms with Crippen molar-refractivity contribution in [2.45, 2.75) is 0 Å². The lowest BCUT2D eigenvalue weighted by molar-refractivity contribution is 0.451. The minimum absolute atomic E-state index is 0.604. The fourth-order valence-electron chi connectivity index (χ4n) is 0.802. The number of hydrogen-bond donors (Lipinski definition) is 1. The zero-order chi connectivity index (χ0) is 8.97. The van der Waals surface area contributed by atoms with Gasteiger partial charge in [0.15, 0.2) is 0 Å². The highest BCUT2D eigenvalue weighted by Crippen LogP contribution is 1.89. The summed E-state index contributed by atoms with van der Waals surface area (Å²) >= 11 is -1.45. The molecule has 5 heteroatoms. The zero-order valence-corrected chi connectivity index (χ0v) is 7.45. The summed E-state index contributed by atoms with van der Waals surface area (Å²) in [4.78, 5) is 0. The van der Waals surface area contributed by atoms with Gasteiger partial charge in [0, 0.05) is 6.26 Å². The van der Waals surface area contributed by atoms with Crippen LogP contribution in [0.5, 0.6) is 0 Å². The Morgan fingerprint density at radius 3 is 2.50 bits per heavy atom. The van der Waals surface area contributed by atoms with Crippen molar-refractivity contribution in [1.29, 1.82) is 0 Å². The van der Waals surface area contributed by atoms with Gasteiger partial charge in [0.05, 0.1) is 0 Å². The maximum Gasteiger partial charge on any atom is 0.504 e. The standard InChI is InChI=1S/C7H9BO3S/c1-12(10)11-8(9)7-5-3-2-4-6-7/h2-6,9H,1H3. The maximum absolute atomic E-state index is 10.6. The van der Waals surface area contributed by atoms with E-state index in [1.165, 1.54) is 6.26 Å². The van der Waals surface area contributed by atoms with Crippen molar-refractivity contribution in [2.24, 2.45) is 0 Å². The van der Waals surface area contributed by atoms with Gasteiger partial charge in [0.25, 0.3) is 0 Å². The Balaban J connectivity index is 2.65. The molecule has 1 aromatic carbocycles. The molecule has 12 heavy (non-hydrogen) atoms. The molecular formula is C7H9BO3S. The van der Waals surface area contributed by atoms with E-state index >= 15 is 0 Å². The zero-order valence-electron chi connectivity index (χ0n) is 6.64. The molecule has 1 aromatic rings. The average Bonchev–Trinajstić information content (AvgIpc) is 2.05. The normalized spacial score (nSPS) is 12.5. The van der Waals surface area contributed by atoms with Crippen molar-refractivity contribution in [3.05, 3.63) is 30.3 Å². The highest BCUT2D eigenvalue weighted by Gasteiger charge is 2.17. The number of rotatable bonds is 3. The van der Waals surface area contributed by atoms with Crippen LogP contribution in [0.25, 0.3) is 0 Å². The summed E-state index contributed by atoms with van der Waals surface area (Å²) in [5, 5.41) is 9.28. The summed E-state index contributed by atoms with van der Waals surface area (Å²) in [6, 6.07) is 8.80. The molecule has 1 N–H and O–H groups in total.